The van der Waals surface area contributed by atoms with Crippen LogP contribution in [0.15, 0.2) is 17.0 Å². The van der Waals surface area contributed by atoms with Crippen LogP contribution in [0.5, 0.6) is 0 Å². The second kappa shape index (κ2) is 7.16. The van der Waals surface area contributed by atoms with E-state index in [1.165, 1.54) is 0 Å². The van der Waals surface area contributed by atoms with Crippen LogP contribution in [-0.2, 0) is 4.74 Å². The van der Waals surface area contributed by atoms with Gasteiger partial charge >= 0.3 is 5.00 Å². The number of methoxy groups -OCH3 is 1. The van der Waals surface area contributed by atoms with E-state index >= 15 is 0 Å². The van der Waals surface area contributed by atoms with Crippen LogP contribution < -0.4 is 5.32 Å². The minimum atomic E-state index is -0.367. The lowest BCUT2D eigenvalue weighted by Gasteiger charge is -2.03. The van der Waals surface area contributed by atoms with E-state index < -0.39 is 0 Å². The highest BCUT2D eigenvalue weighted by Gasteiger charge is 2.07. The maximum atomic E-state index is 10.5. The first-order valence-electron chi connectivity index (χ1n) is 5.23. The van der Waals surface area contributed by atoms with E-state index in [1.807, 2.05) is 13.0 Å². The van der Waals surface area contributed by atoms with Crippen molar-refractivity contribution in [3.05, 3.63) is 32.7 Å². The molecule has 0 fully saturated rings. The molecule has 1 aromatic heterocycles. The molecule has 1 aromatic rings. The summed E-state index contributed by atoms with van der Waals surface area (Å²) in [5.74, 6) is 0. The van der Waals surface area contributed by atoms with E-state index in [0.717, 1.165) is 35.6 Å². The summed E-state index contributed by atoms with van der Waals surface area (Å²) in [5.41, 5.74) is 2.02. The van der Waals surface area contributed by atoms with Crippen molar-refractivity contribution in [1.82, 2.24) is 5.32 Å². The third-order valence-electron chi connectivity index (χ3n) is 2.09. The fourth-order valence-electron chi connectivity index (χ4n) is 1.31. The molecule has 1 rings (SSSR count). The Morgan fingerprint density at radius 2 is 2.47 bits per heavy atom. The number of rotatable bonds is 7. The summed E-state index contributed by atoms with van der Waals surface area (Å²) in [4.78, 5) is 10.1. The van der Waals surface area contributed by atoms with Crippen LogP contribution in [0.3, 0.4) is 0 Å². The number of nitrogens with one attached hydrogen (secondary N) is 1. The van der Waals surface area contributed by atoms with Gasteiger partial charge in [0.25, 0.3) is 0 Å². The van der Waals surface area contributed by atoms with E-state index in [1.54, 1.807) is 18.6 Å². The van der Waals surface area contributed by atoms with Crippen molar-refractivity contribution in [3.63, 3.8) is 0 Å². The van der Waals surface area contributed by atoms with Gasteiger partial charge in [-0.15, -0.1) is 0 Å². The van der Waals surface area contributed by atoms with Gasteiger partial charge in [0.1, 0.15) is 0 Å². The Morgan fingerprint density at radius 1 is 1.71 bits per heavy atom. The van der Waals surface area contributed by atoms with Gasteiger partial charge in [-0.3, -0.25) is 10.1 Å². The quantitative estimate of drug-likeness (QED) is 0.462. The highest BCUT2D eigenvalue weighted by molar-refractivity contribution is 7.13. The number of ether oxygens (including phenoxy) is 1. The van der Waals surface area contributed by atoms with Crippen molar-refractivity contribution in [2.24, 2.45) is 0 Å². The summed E-state index contributed by atoms with van der Waals surface area (Å²) in [6.07, 6.45) is 1.95. The smallest absolute Gasteiger partial charge is 0.324 e. The SMILES string of the molecule is COCCNCC(C)=Cc1csc([N+](=O)[O-])c1. The molecule has 1 heterocycles. The molecule has 0 bridgehead atoms. The van der Waals surface area contributed by atoms with Crippen molar-refractivity contribution >= 4 is 22.4 Å². The van der Waals surface area contributed by atoms with Gasteiger partial charge < -0.3 is 10.1 Å². The molecule has 0 aliphatic carbocycles. The molecule has 94 valence electrons. The van der Waals surface area contributed by atoms with Gasteiger partial charge in [-0.1, -0.05) is 23.0 Å². The zero-order valence-corrected chi connectivity index (χ0v) is 10.8. The van der Waals surface area contributed by atoms with Crippen molar-refractivity contribution in [2.45, 2.75) is 6.92 Å². The Kier molecular flexibility index (Phi) is 5.82. The molecule has 0 atom stereocenters. The van der Waals surface area contributed by atoms with E-state index in [-0.39, 0.29) is 9.92 Å². The van der Waals surface area contributed by atoms with E-state index in [0.29, 0.717) is 6.61 Å². The number of hydrogen-bond acceptors (Lipinski definition) is 5. The summed E-state index contributed by atoms with van der Waals surface area (Å²) in [6.45, 7) is 4.22. The number of thiophene rings is 1. The van der Waals surface area contributed by atoms with Crippen LogP contribution in [-0.4, -0.2) is 31.7 Å². The van der Waals surface area contributed by atoms with Crippen LogP contribution >= 0.6 is 11.3 Å². The average molecular weight is 256 g/mol. The molecule has 0 aliphatic heterocycles. The second-order valence-electron chi connectivity index (χ2n) is 3.64. The van der Waals surface area contributed by atoms with Crippen molar-refractivity contribution < 1.29 is 9.66 Å². The minimum Gasteiger partial charge on any atom is -0.383 e. The van der Waals surface area contributed by atoms with Crippen molar-refractivity contribution in [2.75, 3.05) is 26.8 Å². The second-order valence-corrected chi connectivity index (χ2v) is 4.53. The maximum absolute atomic E-state index is 10.5. The highest BCUT2D eigenvalue weighted by atomic mass is 32.1. The Hall–Kier alpha value is -1.24. The summed E-state index contributed by atoms with van der Waals surface area (Å²) in [5, 5.41) is 15.7. The molecule has 0 unspecified atom stereocenters. The fourth-order valence-corrected chi connectivity index (χ4v) is 1.99. The van der Waals surface area contributed by atoms with Crippen LogP contribution in [0.4, 0.5) is 5.00 Å². The van der Waals surface area contributed by atoms with Gasteiger partial charge in [-0.2, -0.15) is 0 Å². The van der Waals surface area contributed by atoms with Gasteiger partial charge in [0, 0.05) is 31.6 Å². The molecule has 0 amide bonds. The number of nitro groups is 1. The number of nitrogens with zero attached hydrogens (tertiary/aromatic N) is 1. The summed E-state index contributed by atoms with van der Waals surface area (Å²) >= 11 is 1.15. The largest absolute Gasteiger partial charge is 0.383 e. The molecule has 6 heteroatoms. The fraction of sp³-hybridized carbons (Fsp3) is 0.455. The molecular weight excluding hydrogens is 240 g/mol. The van der Waals surface area contributed by atoms with Gasteiger partial charge in [0.15, 0.2) is 0 Å². The summed E-state index contributed by atoms with van der Waals surface area (Å²) in [7, 11) is 1.66. The lowest BCUT2D eigenvalue weighted by Crippen LogP contribution is -2.20. The molecule has 0 aliphatic rings. The molecule has 0 saturated carbocycles. The van der Waals surface area contributed by atoms with Crippen LogP contribution in [0.25, 0.3) is 6.08 Å². The zero-order valence-electron chi connectivity index (χ0n) is 9.93. The first kappa shape index (κ1) is 13.8. The summed E-state index contributed by atoms with van der Waals surface area (Å²) < 4.78 is 4.92. The Bertz CT molecular complexity index is 401. The summed E-state index contributed by atoms with van der Waals surface area (Å²) in [6, 6.07) is 1.59. The average Bonchev–Trinajstić information content (AvgIpc) is 2.73. The van der Waals surface area contributed by atoms with E-state index in [2.05, 4.69) is 5.32 Å². The van der Waals surface area contributed by atoms with E-state index in [9.17, 15) is 10.1 Å². The molecule has 17 heavy (non-hydrogen) atoms. The maximum Gasteiger partial charge on any atom is 0.324 e. The third-order valence-corrected chi connectivity index (χ3v) is 2.98. The standard InChI is InChI=1S/C11H16N2O3S/c1-9(7-12-3-4-16-2)5-10-6-11(13(14)15)17-8-10/h5-6,8,12H,3-4,7H2,1-2H3. The van der Waals surface area contributed by atoms with Gasteiger partial charge in [0.2, 0.25) is 0 Å². The third kappa shape index (κ3) is 5.08. The number of hydrogen-bond donors (Lipinski definition) is 1. The lowest BCUT2D eigenvalue weighted by molar-refractivity contribution is -0.380. The first-order valence-corrected chi connectivity index (χ1v) is 6.11. The molecule has 0 aromatic carbocycles. The minimum absolute atomic E-state index is 0.177. The Balaban J connectivity index is 2.46. The Morgan fingerprint density at radius 3 is 3.06 bits per heavy atom. The predicted octanol–water partition coefficient (Wildman–Crippen LogP) is 2.30. The van der Waals surface area contributed by atoms with E-state index in [4.69, 9.17) is 4.74 Å². The Labute approximate surface area is 104 Å². The molecule has 5 nitrogen and oxygen atoms in total. The highest BCUT2D eigenvalue weighted by Crippen LogP contribution is 2.23. The van der Waals surface area contributed by atoms with Gasteiger partial charge in [-0.25, -0.2) is 0 Å². The predicted molar refractivity (Wildman–Crippen MR) is 69.4 cm³/mol. The topological polar surface area (TPSA) is 64.4 Å². The van der Waals surface area contributed by atoms with Crippen LogP contribution in [0, 0.1) is 10.1 Å². The first-order chi connectivity index (χ1) is 8.13. The van der Waals surface area contributed by atoms with Crippen molar-refractivity contribution in [3.8, 4) is 0 Å². The van der Waals surface area contributed by atoms with Crippen LogP contribution in [0.2, 0.25) is 0 Å². The van der Waals surface area contributed by atoms with Gasteiger partial charge in [0.05, 0.1) is 11.5 Å². The van der Waals surface area contributed by atoms with Crippen molar-refractivity contribution in [1.29, 1.82) is 0 Å². The molecule has 1 N–H and O–H groups in total. The van der Waals surface area contributed by atoms with Crippen LogP contribution in [0.1, 0.15) is 12.5 Å². The monoisotopic (exact) mass is 256 g/mol. The molecule has 0 saturated heterocycles. The normalized spacial score (nSPS) is 11.8. The zero-order chi connectivity index (χ0) is 12.7. The lowest BCUT2D eigenvalue weighted by atomic mass is 10.2. The molecular formula is C11H16N2O3S. The molecule has 0 radical (unpaired) electrons. The van der Waals surface area contributed by atoms with Gasteiger partial charge in [-0.05, 0) is 12.5 Å². The molecule has 0 spiro atoms.